The molecule has 0 bridgehead atoms. The predicted octanol–water partition coefficient (Wildman–Crippen LogP) is 4.25. The van der Waals surface area contributed by atoms with Crippen LogP contribution in [0, 0.1) is 13.8 Å². The number of H-pyrrole nitrogens is 1. The van der Waals surface area contributed by atoms with Crippen molar-refractivity contribution in [2.75, 3.05) is 7.05 Å². The molecule has 1 atom stereocenters. The van der Waals surface area contributed by atoms with Gasteiger partial charge in [-0.2, -0.15) is 0 Å². The number of rotatable bonds is 6. The highest BCUT2D eigenvalue weighted by atomic mass is 35.5. The third-order valence-corrected chi connectivity index (χ3v) is 5.33. The van der Waals surface area contributed by atoms with Crippen molar-refractivity contribution in [3.8, 4) is 0 Å². The highest BCUT2D eigenvalue weighted by molar-refractivity contribution is 7.16. The van der Waals surface area contributed by atoms with E-state index in [9.17, 15) is 9.59 Å². The number of hydrogen-bond donors (Lipinski definition) is 1. The van der Waals surface area contributed by atoms with E-state index in [1.54, 1.807) is 0 Å². The Morgan fingerprint density at radius 2 is 2.00 bits per heavy atom. The quantitative estimate of drug-likeness (QED) is 0.790. The highest BCUT2D eigenvalue weighted by Gasteiger charge is 2.26. The topological polar surface area (TPSA) is 53.2 Å². The van der Waals surface area contributed by atoms with Crippen molar-refractivity contribution in [3.63, 3.8) is 0 Å². The number of halogens is 1. The van der Waals surface area contributed by atoms with Crippen molar-refractivity contribution in [1.29, 1.82) is 0 Å². The Kier molecular flexibility index (Phi) is 5.45. The molecule has 0 aliphatic rings. The van der Waals surface area contributed by atoms with E-state index in [0.29, 0.717) is 17.8 Å². The smallest absolute Gasteiger partial charge is 0.196 e. The Morgan fingerprint density at radius 1 is 1.35 bits per heavy atom. The molecule has 0 aliphatic heterocycles. The molecule has 0 saturated heterocycles. The van der Waals surface area contributed by atoms with E-state index < -0.39 is 0 Å². The monoisotopic (exact) mass is 352 g/mol. The molecule has 2 rings (SSSR count). The first-order valence-electron chi connectivity index (χ1n) is 7.41. The first-order valence-corrected chi connectivity index (χ1v) is 8.60. The Morgan fingerprint density at radius 3 is 2.48 bits per heavy atom. The number of thiophene rings is 1. The summed E-state index contributed by atoms with van der Waals surface area (Å²) in [4.78, 5) is 30.7. The van der Waals surface area contributed by atoms with E-state index in [0.717, 1.165) is 20.5 Å². The van der Waals surface area contributed by atoms with E-state index in [1.165, 1.54) is 18.3 Å². The zero-order valence-electron chi connectivity index (χ0n) is 14.0. The molecule has 0 spiro atoms. The first kappa shape index (κ1) is 17.9. The van der Waals surface area contributed by atoms with Crippen molar-refractivity contribution < 1.29 is 9.59 Å². The SMILES string of the molecule is CC(=O)c1c(C)[nH]c(C(=O)[C@H](C)N(C)Cc2ccc(Cl)s2)c1C. The summed E-state index contributed by atoms with van der Waals surface area (Å²) >= 11 is 7.46. The van der Waals surface area contributed by atoms with Crippen LogP contribution in [0.1, 0.15) is 50.8 Å². The fourth-order valence-corrected chi connectivity index (χ4v) is 3.90. The van der Waals surface area contributed by atoms with Crippen LogP contribution in [0.3, 0.4) is 0 Å². The first-order chi connectivity index (χ1) is 10.7. The molecule has 23 heavy (non-hydrogen) atoms. The van der Waals surface area contributed by atoms with Gasteiger partial charge in [-0.15, -0.1) is 11.3 Å². The lowest BCUT2D eigenvalue weighted by Crippen LogP contribution is -2.35. The molecule has 124 valence electrons. The molecule has 2 aromatic heterocycles. The van der Waals surface area contributed by atoms with E-state index in [1.807, 2.05) is 44.9 Å². The van der Waals surface area contributed by atoms with Gasteiger partial charge in [0.1, 0.15) is 0 Å². The van der Waals surface area contributed by atoms with E-state index in [2.05, 4.69) is 4.98 Å². The van der Waals surface area contributed by atoms with E-state index in [4.69, 9.17) is 11.6 Å². The molecule has 0 aromatic carbocycles. The fraction of sp³-hybridized carbons (Fsp3) is 0.412. The largest absolute Gasteiger partial charge is 0.355 e. The summed E-state index contributed by atoms with van der Waals surface area (Å²) in [5.74, 6) is -0.0345. The minimum atomic E-state index is -0.299. The summed E-state index contributed by atoms with van der Waals surface area (Å²) < 4.78 is 0.745. The van der Waals surface area contributed by atoms with Gasteiger partial charge < -0.3 is 4.98 Å². The minimum absolute atomic E-state index is 0.0109. The van der Waals surface area contributed by atoms with Crippen LogP contribution >= 0.6 is 22.9 Å². The van der Waals surface area contributed by atoms with Gasteiger partial charge in [-0.05, 0) is 52.4 Å². The molecule has 2 heterocycles. The number of carbonyl (C=O) groups is 2. The summed E-state index contributed by atoms with van der Waals surface area (Å²) in [5, 5.41) is 0. The lowest BCUT2D eigenvalue weighted by molar-refractivity contribution is 0.0857. The maximum atomic E-state index is 12.8. The van der Waals surface area contributed by atoms with Crippen LogP contribution < -0.4 is 0 Å². The number of aryl methyl sites for hydroxylation is 1. The van der Waals surface area contributed by atoms with Gasteiger partial charge in [-0.25, -0.2) is 0 Å². The summed E-state index contributed by atoms with van der Waals surface area (Å²) in [7, 11) is 1.91. The second kappa shape index (κ2) is 6.99. The Hall–Kier alpha value is -1.43. The molecule has 0 fully saturated rings. The molecule has 6 heteroatoms. The van der Waals surface area contributed by atoms with Gasteiger partial charge in [0.15, 0.2) is 11.6 Å². The van der Waals surface area contributed by atoms with Crippen LogP contribution in [0.4, 0.5) is 0 Å². The van der Waals surface area contributed by atoms with Crippen molar-refractivity contribution in [2.24, 2.45) is 0 Å². The number of aromatic amines is 1. The number of Topliss-reactive ketones (excluding diaryl/α,β-unsaturated/α-hetero) is 2. The maximum absolute atomic E-state index is 12.8. The van der Waals surface area contributed by atoms with Crippen molar-refractivity contribution in [1.82, 2.24) is 9.88 Å². The second-order valence-corrected chi connectivity index (χ2v) is 7.64. The van der Waals surface area contributed by atoms with Gasteiger partial charge in [0.25, 0.3) is 0 Å². The zero-order chi connectivity index (χ0) is 17.3. The molecule has 0 amide bonds. The summed E-state index contributed by atoms with van der Waals surface area (Å²) in [5.41, 5.74) is 2.63. The number of nitrogens with one attached hydrogen (secondary N) is 1. The van der Waals surface area contributed by atoms with Crippen molar-refractivity contribution in [3.05, 3.63) is 43.9 Å². The standard InChI is InChI=1S/C17H21ClN2O2S/c1-9-15(12(4)21)10(2)19-16(9)17(22)11(3)20(5)8-13-6-7-14(18)23-13/h6-7,11,19H,8H2,1-5H3/t11-/m0/s1. The molecular weight excluding hydrogens is 332 g/mol. The molecule has 0 saturated carbocycles. The van der Waals surface area contributed by atoms with Crippen molar-refractivity contribution in [2.45, 2.75) is 40.3 Å². The zero-order valence-corrected chi connectivity index (χ0v) is 15.6. The highest BCUT2D eigenvalue weighted by Crippen LogP contribution is 2.24. The number of aromatic nitrogens is 1. The summed E-state index contributed by atoms with van der Waals surface area (Å²) in [6, 6.07) is 3.53. The maximum Gasteiger partial charge on any atom is 0.196 e. The van der Waals surface area contributed by atoms with Gasteiger partial charge in [0.2, 0.25) is 0 Å². The van der Waals surface area contributed by atoms with Gasteiger partial charge in [0.05, 0.1) is 16.1 Å². The molecule has 4 nitrogen and oxygen atoms in total. The Balaban J connectivity index is 2.19. The van der Waals surface area contributed by atoms with Crippen LogP contribution in [-0.2, 0) is 6.54 Å². The molecule has 0 radical (unpaired) electrons. The van der Waals surface area contributed by atoms with Gasteiger partial charge >= 0.3 is 0 Å². The van der Waals surface area contributed by atoms with E-state index >= 15 is 0 Å². The van der Waals surface area contributed by atoms with Crippen molar-refractivity contribution >= 4 is 34.5 Å². The fourth-order valence-electron chi connectivity index (χ4n) is 2.75. The van der Waals surface area contributed by atoms with E-state index in [-0.39, 0.29) is 17.6 Å². The third kappa shape index (κ3) is 3.74. The molecule has 2 aromatic rings. The van der Waals surface area contributed by atoms with Crippen LogP contribution in [0.2, 0.25) is 4.34 Å². The minimum Gasteiger partial charge on any atom is -0.355 e. The number of likely N-dealkylation sites (N-methyl/N-ethyl adjacent to an activating group) is 1. The molecule has 1 N–H and O–H groups in total. The summed E-state index contributed by atoms with van der Waals surface area (Å²) in [6.45, 7) is 7.69. The number of nitrogens with zero attached hydrogens (tertiary/aromatic N) is 1. The van der Waals surface area contributed by atoms with Gasteiger partial charge in [0, 0.05) is 22.7 Å². The van der Waals surface area contributed by atoms with Crippen LogP contribution in [0.15, 0.2) is 12.1 Å². The molecular formula is C17H21ClN2O2S. The Bertz CT molecular complexity index is 748. The van der Waals surface area contributed by atoms with Crippen LogP contribution in [0.25, 0.3) is 0 Å². The van der Waals surface area contributed by atoms with Gasteiger partial charge in [-0.1, -0.05) is 11.6 Å². The van der Waals surface area contributed by atoms with Crippen LogP contribution in [0.5, 0.6) is 0 Å². The molecule has 0 aliphatic carbocycles. The number of ketones is 2. The lowest BCUT2D eigenvalue weighted by atomic mass is 10.0. The third-order valence-electron chi connectivity index (χ3n) is 4.11. The lowest BCUT2D eigenvalue weighted by Gasteiger charge is -2.22. The second-order valence-electron chi connectivity index (χ2n) is 5.84. The molecule has 0 unspecified atom stereocenters. The normalized spacial score (nSPS) is 12.7. The number of carbonyl (C=O) groups excluding carboxylic acids is 2. The summed E-state index contributed by atoms with van der Waals surface area (Å²) in [6.07, 6.45) is 0. The average molecular weight is 353 g/mol. The van der Waals surface area contributed by atoms with Gasteiger partial charge in [-0.3, -0.25) is 14.5 Å². The predicted molar refractivity (Wildman–Crippen MR) is 94.9 cm³/mol. The number of hydrogen-bond acceptors (Lipinski definition) is 4. The Labute approximate surface area is 145 Å². The average Bonchev–Trinajstić information content (AvgIpc) is 3.00. The van der Waals surface area contributed by atoms with Crippen LogP contribution in [-0.4, -0.2) is 34.5 Å².